The topological polar surface area (TPSA) is 38.0 Å². The Kier molecular flexibility index (Phi) is 5.01. The van der Waals surface area contributed by atoms with Crippen LogP contribution in [-0.2, 0) is 12.8 Å². The Morgan fingerprint density at radius 1 is 1.16 bits per heavy atom. The molecule has 102 valence electrons. The van der Waals surface area contributed by atoms with E-state index in [-0.39, 0.29) is 18.0 Å². The number of rotatable bonds is 6. The van der Waals surface area contributed by atoms with Gasteiger partial charge in [0.05, 0.1) is 0 Å². The number of benzene rings is 1. The quantitative estimate of drug-likeness (QED) is 0.631. The summed E-state index contributed by atoms with van der Waals surface area (Å²) in [7, 11) is 0. The van der Waals surface area contributed by atoms with Crippen LogP contribution in [0.5, 0.6) is 0 Å². The van der Waals surface area contributed by atoms with Crippen molar-refractivity contribution in [1.82, 2.24) is 5.43 Å². The van der Waals surface area contributed by atoms with Crippen LogP contribution in [0.3, 0.4) is 0 Å². The van der Waals surface area contributed by atoms with Gasteiger partial charge in [-0.15, -0.1) is 11.3 Å². The van der Waals surface area contributed by atoms with Gasteiger partial charge in [0.1, 0.15) is 11.6 Å². The molecule has 0 aliphatic rings. The monoisotopic (exact) mass is 282 g/mol. The first-order valence-corrected chi connectivity index (χ1v) is 7.00. The molecule has 0 saturated carbocycles. The van der Waals surface area contributed by atoms with Gasteiger partial charge < -0.3 is 0 Å². The maximum absolute atomic E-state index is 13.6. The molecule has 0 aliphatic heterocycles. The van der Waals surface area contributed by atoms with Gasteiger partial charge in [0, 0.05) is 16.5 Å². The van der Waals surface area contributed by atoms with E-state index in [9.17, 15) is 8.78 Å². The van der Waals surface area contributed by atoms with Crippen molar-refractivity contribution < 1.29 is 8.78 Å². The molecule has 1 atom stereocenters. The van der Waals surface area contributed by atoms with E-state index in [0.29, 0.717) is 0 Å². The van der Waals surface area contributed by atoms with Gasteiger partial charge in [0.2, 0.25) is 0 Å². The number of hydrogen-bond acceptors (Lipinski definition) is 3. The zero-order valence-electron chi connectivity index (χ0n) is 10.4. The molecular formula is C14H16F2N2S. The fraction of sp³-hybridized carbons (Fsp3) is 0.286. The number of nitrogens with two attached hydrogens (primary N) is 1. The fourth-order valence-corrected chi connectivity index (χ4v) is 2.71. The second-order valence-corrected chi connectivity index (χ2v) is 5.42. The van der Waals surface area contributed by atoms with E-state index in [1.807, 2.05) is 17.5 Å². The van der Waals surface area contributed by atoms with Gasteiger partial charge in [-0.25, -0.2) is 8.78 Å². The van der Waals surface area contributed by atoms with E-state index >= 15 is 0 Å². The Morgan fingerprint density at radius 2 is 1.89 bits per heavy atom. The van der Waals surface area contributed by atoms with E-state index in [1.165, 1.54) is 23.1 Å². The summed E-state index contributed by atoms with van der Waals surface area (Å²) < 4.78 is 27.1. The Hall–Kier alpha value is -1.30. The first-order valence-electron chi connectivity index (χ1n) is 6.12. The molecular weight excluding hydrogens is 266 g/mol. The molecule has 3 N–H and O–H groups in total. The minimum atomic E-state index is -0.517. The zero-order valence-corrected chi connectivity index (χ0v) is 11.2. The van der Waals surface area contributed by atoms with Crippen molar-refractivity contribution in [3.63, 3.8) is 0 Å². The van der Waals surface area contributed by atoms with E-state index in [1.54, 1.807) is 11.3 Å². The second kappa shape index (κ2) is 6.75. The van der Waals surface area contributed by atoms with E-state index in [4.69, 9.17) is 5.84 Å². The van der Waals surface area contributed by atoms with Gasteiger partial charge in [-0.1, -0.05) is 12.1 Å². The van der Waals surface area contributed by atoms with Gasteiger partial charge in [-0.3, -0.25) is 11.3 Å². The van der Waals surface area contributed by atoms with Crippen LogP contribution in [0.1, 0.15) is 16.9 Å². The summed E-state index contributed by atoms with van der Waals surface area (Å²) in [4.78, 5) is 1.24. The van der Waals surface area contributed by atoms with Crippen molar-refractivity contribution >= 4 is 11.3 Å². The first-order chi connectivity index (χ1) is 9.20. The third-order valence-electron chi connectivity index (χ3n) is 3.07. The molecule has 0 aliphatic carbocycles. The third-order valence-corrected chi connectivity index (χ3v) is 4.00. The SMILES string of the molecule is NNC(CCc1cccs1)Cc1c(F)cccc1F. The summed E-state index contributed by atoms with van der Waals surface area (Å²) in [6, 6.07) is 7.79. The van der Waals surface area contributed by atoms with Crippen LogP contribution in [0.2, 0.25) is 0 Å². The second-order valence-electron chi connectivity index (χ2n) is 4.39. The van der Waals surface area contributed by atoms with E-state index < -0.39 is 11.6 Å². The maximum atomic E-state index is 13.6. The first kappa shape index (κ1) is 14.1. The number of hydrogen-bond donors (Lipinski definition) is 2. The number of aryl methyl sites for hydroxylation is 1. The van der Waals surface area contributed by atoms with Gasteiger partial charge in [-0.05, 0) is 42.8 Å². The average molecular weight is 282 g/mol. The van der Waals surface area contributed by atoms with Crippen molar-refractivity contribution in [2.45, 2.75) is 25.3 Å². The summed E-state index contributed by atoms with van der Waals surface area (Å²) >= 11 is 1.67. The molecule has 2 aromatic rings. The Morgan fingerprint density at radius 3 is 2.47 bits per heavy atom. The highest BCUT2D eigenvalue weighted by Crippen LogP contribution is 2.17. The Labute approximate surface area is 115 Å². The van der Waals surface area contributed by atoms with Crippen molar-refractivity contribution in [3.05, 3.63) is 57.8 Å². The minimum absolute atomic E-state index is 0.0941. The van der Waals surface area contributed by atoms with Crippen LogP contribution in [0.15, 0.2) is 35.7 Å². The lowest BCUT2D eigenvalue weighted by atomic mass is 10.0. The van der Waals surface area contributed by atoms with Crippen molar-refractivity contribution in [1.29, 1.82) is 0 Å². The van der Waals surface area contributed by atoms with Gasteiger partial charge in [-0.2, -0.15) is 0 Å². The lowest BCUT2D eigenvalue weighted by Crippen LogP contribution is -2.37. The molecule has 0 bridgehead atoms. The summed E-state index contributed by atoms with van der Waals surface area (Å²) in [5.74, 6) is 4.43. The molecule has 0 saturated heterocycles. The van der Waals surface area contributed by atoms with Crippen molar-refractivity contribution in [3.8, 4) is 0 Å². The largest absolute Gasteiger partial charge is 0.271 e. The molecule has 5 heteroatoms. The predicted molar refractivity (Wildman–Crippen MR) is 73.8 cm³/mol. The predicted octanol–water partition coefficient (Wildman–Crippen LogP) is 3.03. The molecule has 0 spiro atoms. The molecule has 0 fully saturated rings. The van der Waals surface area contributed by atoms with Crippen LogP contribution in [-0.4, -0.2) is 6.04 Å². The molecule has 2 rings (SSSR count). The summed E-state index contributed by atoms with van der Waals surface area (Å²) in [5.41, 5.74) is 2.73. The molecule has 2 nitrogen and oxygen atoms in total. The Bertz CT molecular complexity index is 494. The number of halogens is 2. The van der Waals surface area contributed by atoms with Crippen LogP contribution in [0.25, 0.3) is 0 Å². The van der Waals surface area contributed by atoms with Gasteiger partial charge in [0.15, 0.2) is 0 Å². The summed E-state index contributed by atoms with van der Waals surface area (Å²) in [6.45, 7) is 0. The Balaban J connectivity index is 1.98. The van der Waals surface area contributed by atoms with Crippen LogP contribution in [0.4, 0.5) is 8.78 Å². The highest BCUT2D eigenvalue weighted by molar-refractivity contribution is 7.09. The maximum Gasteiger partial charge on any atom is 0.129 e. The zero-order chi connectivity index (χ0) is 13.7. The number of hydrazine groups is 1. The van der Waals surface area contributed by atoms with Crippen LogP contribution < -0.4 is 11.3 Å². The molecule has 1 aromatic carbocycles. The van der Waals surface area contributed by atoms with Crippen LogP contribution in [0, 0.1) is 11.6 Å². The summed E-state index contributed by atoms with van der Waals surface area (Å²) in [6.07, 6.45) is 1.84. The molecule has 1 aromatic heterocycles. The lowest BCUT2D eigenvalue weighted by Gasteiger charge is -2.16. The highest BCUT2D eigenvalue weighted by atomic mass is 32.1. The van der Waals surface area contributed by atoms with E-state index in [2.05, 4.69) is 5.43 Å². The molecule has 1 unspecified atom stereocenters. The minimum Gasteiger partial charge on any atom is -0.271 e. The van der Waals surface area contributed by atoms with Gasteiger partial charge in [0.25, 0.3) is 0 Å². The van der Waals surface area contributed by atoms with E-state index in [0.717, 1.165) is 12.8 Å². The average Bonchev–Trinajstić information content (AvgIpc) is 2.91. The standard InChI is InChI=1S/C14H16F2N2S/c15-13-4-1-5-14(16)12(13)9-10(18-17)6-7-11-3-2-8-19-11/h1-5,8,10,18H,6-7,9,17H2. The van der Waals surface area contributed by atoms with Crippen molar-refractivity contribution in [2.24, 2.45) is 5.84 Å². The normalized spacial score (nSPS) is 12.6. The van der Waals surface area contributed by atoms with Gasteiger partial charge >= 0.3 is 0 Å². The molecule has 0 amide bonds. The smallest absolute Gasteiger partial charge is 0.129 e. The third kappa shape index (κ3) is 3.83. The highest BCUT2D eigenvalue weighted by Gasteiger charge is 2.15. The van der Waals surface area contributed by atoms with Crippen LogP contribution >= 0.6 is 11.3 Å². The lowest BCUT2D eigenvalue weighted by molar-refractivity contribution is 0.465. The number of nitrogens with one attached hydrogen (secondary N) is 1. The molecule has 1 heterocycles. The molecule has 0 radical (unpaired) electrons. The fourth-order valence-electron chi connectivity index (χ4n) is 1.99. The van der Waals surface area contributed by atoms with Crippen molar-refractivity contribution in [2.75, 3.05) is 0 Å². The molecule has 19 heavy (non-hydrogen) atoms. The summed E-state index contributed by atoms with van der Waals surface area (Å²) in [5, 5.41) is 2.01. The number of thiophene rings is 1.